The van der Waals surface area contributed by atoms with Crippen LogP contribution in [0.5, 0.6) is 0 Å². The van der Waals surface area contributed by atoms with E-state index in [2.05, 4.69) is 9.47 Å². The number of aromatic nitrogens is 1. The summed E-state index contributed by atoms with van der Waals surface area (Å²) in [6.07, 6.45) is 6.80. The van der Waals surface area contributed by atoms with E-state index in [0.29, 0.717) is 11.7 Å². The number of hydrogen-bond donors (Lipinski definition) is 1. The number of amides is 1. The molecule has 1 amide bonds. The van der Waals surface area contributed by atoms with Gasteiger partial charge < -0.3 is 20.1 Å². The molecule has 2 fully saturated rings. The molecular formula is C15H24N4O. The van der Waals surface area contributed by atoms with E-state index in [0.717, 1.165) is 31.6 Å². The maximum atomic E-state index is 12.5. The zero-order valence-electron chi connectivity index (χ0n) is 12.2. The summed E-state index contributed by atoms with van der Waals surface area (Å²) < 4.78 is 2.06. The van der Waals surface area contributed by atoms with Crippen LogP contribution in [0.15, 0.2) is 12.3 Å². The number of nitrogen functional groups attached to an aromatic ring is 1. The molecule has 0 radical (unpaired) electrons. The normalized spacial score (nSPS) is 19.4. The van der Waals surface area contributed by atoms with Gasteiger partial charge in [0.15, 0.2) is 0 Å². The molecule has 2 aliphatic rings. The fourth-order valence-corrected chi connectivity index (χ4v) is 2.92. The number of nitrogens with zero attached hydrogens (tertiary/aromatic N) is 3. The maximum absolute atomic E-state index is 12.5. The van der Waals surface area contributed by atoms with E-state index in [1.807, 2.05) is 24.2 Å². The van der Waals surface area contributed by atoms with Gasteiger partial charge in [-0.2, -0.15) is 0 Å². The second kappa shape index (κ2) is 5.48. The molecule has 5 heteroatoms. The Morgan fingerprint density at radius 3 is 2.75 bits per heavy atom. The van der Waals surface area contributed by atoms with Crippen molar-refractivity contribution in [2.24, 2.45) is 0 Å². The zero-order chi connectivity index (χ0) is 14.1. The lowest BCUT2D eigenvalue weighted by atomic mass is 10.3. The summed E-state index contributed by atoms with van der Waals surface area (Å²) in [5, 5.41) is 0. The second-order valence-corrected chi connectivity index (χ2v) is 6.07. The van der Waals surface area contributed by atoms with Gasteiger partial charge in [0.1, 0.15) is 5.69 Å². The Balaban J connectivity index is 1.62. The summed E-state index contributed by atoms with van der Waals surface area (Å²) in [5.41, 5.74) is 7.29. The lowest BCUT2D eigenvalue weighted by Gasteiger charge is -2.22. The first-order valence-electron chi connectivity index (χ1n) is 7.60. The van der Waals surface area contributed by atoms with Crippen molar-refractivity contribution in [1.29, 1.82) is 0 Å². The molecule has 0 atom stereocenters. The van der Waals surface area contributed by atoms with Crippen LogP contribution in [0.3, 0.4) is 0 Å². The van der Waals surface area contributed by atoms with Gasteiger partial charge >= 0.3 is 0 Å². The van der Waals surface area contributed by atoms with Crippen LogP contribution in [0.25, 0.3) is 0 Å². The Morgan fingerprint density at radius 1 is 1.40 bits per heavy atom. The Bertz CT molecular complexity index is 486. The summed E-state index contributed by atoms with van der Waals surface area (Å²) in [4.78, 5) is 16.8. The fourth-order valence-electron chi connectivity index (χ4n) is 2.92. The molecule has 0 bridgehead atoms. The number of nitrogens with two attached hydrogens (primary N) is 1. The summed E-state index contributed by atoms with van der Waals surface area (Å²) in [6, 6.07) is 2.30. The average Bonchev–Trinajstić information content (AvgIpc) is 3.00. The predicted molar refractivity (Wildman–Crippen MR) is 79.7 cm³/mol. The first-order chi connectivity index (χ1) is 9.65. The summed E-state index contributed by atoms with van der Waals surface area (Å²) in [5.74, 6) is 0.0906. The Morgan fingerprint density at radius 2 is 2.10 bits per heavy atom. The number of anilines is 1. The smallest absolute Gasteiger partial charge is 0.270 e. The molecule has 0 spiro atoms. The molecule has 1 saturated carbocycles. The molecule has 20 heavy (non-hydrogen) atoms. The number of carbonyl (C=O) groups excluding carboxylic acids is 1. The minimum absolute atomic E-state index is 0.0906. The summed E-state index contributed by atoms with van der Waals surface area (Å²) in [6.45, 7) is 4.11. The fraction of sp³-hybridized carbons (Fsp3) is 0.667. The molecule has 3 rings (SSSR count). The van der Waals surface area contributed by atoms with Crippen LogP contribution < -0.4 is 5.73 Å². The van der Waals surface area contributed by atoms with Crippen LogP contribution in [0.4, 0.5) is 5.69 Å². The van der Waals surface area contributed by atoms with Gasteiger partial charge in [-0.1, -0.05) is 0 Å². The lowest BCUT2D eigenvalue weighted by molar-refractivity contribution is 0.0771. The highest BCUT2D eigenvalue weighted by molar-refractivity contribution is 5.93. The predicted octanol–water partition coefficient (Wildman–Crippen LogP) is 1.57. The monoisotopic (exact) mass is 276 g/mol. The maximum Gasteiger partial charge on any atom is 0.270 e. The molecule has 110 valence electrons. The number of carbonyl (C=O) groups is 1. The molecule has 1 saturated heterocycles. The molecule has 1 aromatic rings. The molecule has 1 aromatic heterocycles. The van der Waals surface area contributed by atoms with Crippen LogP contribution in [-0.2, 0) is 0 Å². The van der Waals surface area contributed by atoms with Crippen LogP contribution in [0.1, 0.15) is 42.2 Å². The van der Waals surface area contributed by atoms with Gasteiger partial charge in [0.2, 0.25) is 0 Å². The molecule has 1 aliphatic heterocycles. The van der Waals surface area contributed by atoms with Crippen molar-refractivity contribution in [3.8, 4) is 0 Å². The van der Waals surface area contributed by atoms with Crippen LogP contribution in [0, 0.1) is 0 Å². The van der Waals surface area contributed by atoms with E-state index < -0.39 is 0 Å². The minimum atomic E-state index is 0.0906. The molecule has 0 unspecified atom stereocenters. The van der Waals surface area contributed by atoms with Gasteiger partial charge in [-0.25, -0.2) is 0 Å². The Labute approximate surface area is 120 Å². The number of likely N-dealkylation sites (N-methyl/N-ethyl adjacent to an activating group) is 1. The van der Waals surface area contributed by atoms with E-state index in [-0.39, 0.29) is 5.91 Å². The summed E-state index contributed by atoms with van der Waals surface area (Å²) in [7, 11) is 1.89. The van der Waals surface area contributed by atoms with E-state index in [4.69, 9.17) is 5.73 Å². The van der Waals surface area contributed by atoms with Gasteiger partial charge in [-0.3, -0.25) is 4.79 Å². The van der Waals surface area contributed by atoms with Gasteiger partial charge in [-0.15, -0.1) is 0 Å². The van der Waals surface area contributed by atoms with Gasteiger partial charge in [0.25, 0.3) is 5.91 Å². The van der Waals surface area contributed by atoms with Crippen molar-refractivity contribution in [3.63, 3.8) is 0 Å². The second-order valence-electron chi connectivity index (χ2n) is 6.07. The SMILES string of the molecule is CN(CCN1CCCC1)C(=O)c1cc(N)cn1C1CC1. The molecular weight excluding hydrogens is 252 g/mol. The summed E-state index contributed by atoms with van der Waals surface area (Å²) >= 11 is 0. The van der Waals surface area contributed by atoms with E-state index in [9.17, 15) is 4.79 Å². The highest BCUT2D eigenvalue weighted by atomic mass is 16.2. The van der Waals surface area contributed by atoms with Crippen molar-refractivity contribution in [2.75, 3.05) is 39.0 Å². The lowest BCUT2D eigenvalue weighted by Crippen LogP contribution is -2.36. The van der Waals surface area contributed by atoms with Crippen LogP contribution in [0.2, 0.25) is 0 Å². The van der Waals surface area contributed by atoms with Gasteiger partial charge in [0, 0.05) is 32.4 Å². The van der Waals surface area contributed by atoms with E-state index in [1.54, 1.807) is 0 Å². The topological polar surface area (TPSA) is 54.5 Å². The quantitative estimate of drug-likeness (QED) is 0.888. The third kappa shape index (κ3) is 2.82. The van der Waals surface area contributed by atoms with Gasteiger partial charge in [-0.05, 0) is 44.8 Å². The first-order valence-corrected chi connectivity index (χ1v) is 7.60. The number of hydrogen-bond acceptors (Lipinski definition) is 3. The van der Waals surface area contributed by atoms with E-state index in [1.165, 1.54) is 25.9 Å². The zero-order valence-corrected chi connectivity index (χ0v) is 12.2. The number of rotatable bonds is 5. The average molecular weight is 276 g/mol. The largest absolute Gasteiger partial charge is 0.397 e. The van der Waals surface area contributed by atoms with Crippen molar-refractivity contribution in [1.82, 2.24) is 14.4 Å². The van der Waals surface area contributed by atoms with E-state index >= 15 is 0 Å². The third-order valence-electron chi connectivity index (χ3n) is 4.33. The van der Waals surface area contributed by atoms with Crippen LogP contribution >= 0.6 is 0 Å². The van der Waals surface area contributed by atoms with Gasteiger partial charge in [0.05, 0.1) is 5.69 Å². The molecule has 2 heterocycles. The Kier molecular flexibility index (Phi) is 3.70. The first kappa shape index (κ1) is 13.5. The highest BCUT2D eigenvalue weighted by Gasteiger charge is 2.28. The third-order valence-corrected chi connectivity index (χ3v) is 4.33. The molecule has 0 aromatic carbocycles. The van der Waals surface area contributed by atoms with Crippen molar-refractivity contribution in [2.45, 2.75) is 31.7 Å². The number of likely N-dealkylation sites (tertiary alicyclic amines) is 1. The van der Waals surface area contributed by atoms with Crippen molar-refractivity contribution in [3.05, 3.63) is 18.0 Å². The molecule has 5 nitrogen and oxygen atoms in total. The standard InChI is InChI=1S/C15H24N4O/c1-17(8-9-18-6-2-3-7-18)15(20)14-10-12(16)11-19(14)13-4-5-13/h10-11,13H,2-9,16H2,1H3. The van der Waals surface area contributed by atoms with Crippen LogP contribution in [-0.4, -0.2) is 53.5 Å². The minimum Gasteiger partial charge on any atom is -0.397 e. The molecule has 2 N–H and O–H groups in total. The molecule has 1 aliphatic carbocycles. The highest BCUT2D eigenvalue weighted by Crippen LogP contribution is 2.37. The van der Waals surface area contributed by atoms with Crippen molar-refractivity contribution >= 4 is 11.6 Å². The Hall–Kier alpha value is -1.49. The van der Waals surface area contributed by atoms with Crippen molar-refractivity contribution < 1.29 is 4.79 Å².